The fourth-order valence-corrected chi connectivity index (χ4v) is 2.41. The molecule has 1 aromatic carbocycles. The number of carbonyl (C=O) groups is 1. The van der Waals surface area contributed by atoms with E-state index in [9.17, 15) is 4.79 Å². The Morgan fingerprint density at radius 2 is 1.94 bits per heavy atom. The molecule has 1 atom stereocenters. The maximum atomic E-state index is 11.2. The highest BCUT2D eigenvalue weighted by Crippen LogP contribution is 2.47. The van der Waals surface area contributed by atoms with E-state index in [0.29, 0.717) is 22.1 Å². The van der Waals surface area contributed by atoms with Crippen LogP contribution in [0.25, 0.3) is 0 Å². The summed E-state index contributed by atoms with van der Waals surface area (Å²) in [6, 6.07) is 1.67. The van der Waals surface area contributed by atoms with E-state index >= 15 is 0 Å². The number of fused-ring (bicyclic) bond motifs is 1. The van der Waals surface area contributed by atoms with Crippen LogP contribution < -0.4 is 9.47 Å². The minimum absolute atomic E-state index is 0.125. The summed E-state index contributed by atoms with van der Waals surface area (Å²) in [7, 11) is 0. The molecule has 1 aliphatic rings. The number of aliphatic carboxylic acids is 1. The van der Waals surface area contributed by atoms with Crippen molar-refractivity contribution in [1.29, 1.82) is 0 Å². The number of benzene rings is 1. The van der Waals surface area contributed by atoms with Crippen molar-refractivity contribution in [3.63, 3.8) is 0 Å². The number of rotatable bonds is 3. The predicted molar refractivity (Wildman–Crippen MR) is 67.7 cm³/mol. The third kappa shape index (κ3) is 2.01. The highest BCUT2D eigenvalue weighted by molar-refractivity contribution is 6.32. The maximum absolute atomic E-state index is 11.2. The van der Waals surface area contributed by atoms with Gasteiger partial charge in [0.1, 0.15) is 0 Å². The van der Waals surface area contributed by atoms with E-state index in [-0.39, 0.29) is 12.7 Å². The number of carboxylic acid groups (broad SMARTS) is 1. The molecule has 2 rings (SSSR count). The molecule has 98 valence electrons. The molecule has 0 aromatic heterocycles. The first-order chi connectivity index (χ1) is 8.43. The van der Waals surface area contributed by atoms with Gasteiger partial charge in [-0.25, -0.2) is 0 Å². The van der Waals surface area contributed by atoms with Gasteiger partial charge in [0.2, 0.25) is 6.79 Å². The van der Waals surface area contributed by atoms with Crippen molar-refractivity contribution in [2.75, 3.05) is 6.79 Å². The van der Waals surface area contributed by atoms with Crippen LogP contribution in [-0.2, 0) is 4.79 Å². The van der Waals surface area contributed by atoms with E-state index in [0.717, 1.165) is 5.56 Å². The highest BCUT2D eigenvalue weighted by atomic mass is 35.5. The Hall–Kier alpha value is -1.42. The van der Waals surface area contributed by atoms with Crippen LogP contribution in [0.4, 0.5) is 0 Å². The minimum atomic E-state index is -0.883. The number of halogens is 1. The van der Waals surface area contributed by atoms with Gasteiger partial charge in [-0.2, -0.15) is 0 Å². The van der Waals surface area contributed by atoms with Crippen molar-refractivity contribution >= 4 is 17.6 Å². The number of ether oxygens (including phenoxy) is 2. The summed E-state index contributed by atoms with van der Waals surface area (Å²) in [6.07, 6.45) is 0. The molecule has 1 heterocycles. The molecular formula is C13H15ClO4. The normalized spacial score (nSPS) is 14.9. The first kappa shape index (κ1) is 13.0. The van der Waals surface area contributed by atoms with Gasteiger partial charge in [0.25, 0.3) is 0 Å². The fourth-order valence-electron chi connectivity index (χ4n) is 2.15. The molecule has 0 radical (unpaired) electrons. The SMILES string of the molecule is CC(C)c1c(C(C)C(=O)O)cc(Cl)c2c1OCO2. The molecule has 0 aliphatic carbocycles. The number of hydrogen-bond acceptors (Lipinski definition) is 3. The largest absolute Gasteiger partial charge is 0.481 e. The summed E-state index contributed by atoms with van der Waals surface area (Å²) in [5.41, 5.74) is 1.55. The first-order valence-electron chi connectivity index (χ1n) is 5.78. The Balaban J connectivity index is 2.66. The molecule has 0 fully saturated rings. The second kappa shape index (κ2) is 4.69. The van der Waals surface area contributed by atoms with E-state index in [1.807, 2.05) is 13.8 Å². The van der Waals surface area contributed by atoms with Crippen LogP contribution in [0.5, 0.6) is 11.5 Å². The van der Waals surface area contributed by atoms with Crippen molar-refractivity contribution in [2.45, 2.75) is 32.6 Å². The van der Waals surface area contributed by atoms with Gasteiger partial charge in [-0.15, -0.1) is 0 Å². The summed E-state index contributed by atoms with van der Waals surface area (Å²) in [4.78, 5) is 11.2. The van der Waals surface area contributed by atoms with Crippen molar-refractivity contribution in [3.05, 3.63) is 22.2 Å². The van der Waals surface area contributed by atoms with E-state index < -0.39 is 11.9 Å². The molecule has 0 saturated heterocycles. The van der Waals surface area contributed by atoms with Gasteiger partial charge in [-0.3, -0.25) is 4.79 Å². The monoisotopic (exact) mass is 270 g/mol. The molecule has 1 aliphatic heterocycles. The van der Waals surface area contributed by atoms with Crippen molar-refractivity contribution in [2.24, 2.45) is 0 Å². The standard InChI is InChI=1S/C13H15ClO4/c1-6(2)10-8(7(3)13(15)16)4-9(14)11-12(10)18-5-17-11/h4,6-7H,5H2,1-3H3,(H,15,16). The van der Waals surface area contributed by atoms with Crippen LogP contribution in [0.15, 0.2) is 6.07 Å². The molecular weight excluding hydrogens is 256 g/mol. The van der Waals surface area contributed by atoms with Crippen molar-refractivity contribution in [1.82, 2.24) is 0 Å². The van der Waals surface area contributed by atoms with Gasteiger partial charge in [-0.1, -0.05) is 25.4 Å². The summed E-state index contributed by atoms with van der Waals surface area (Å²) >= 11 is 6.10. The van der Waals surface area contributed by atoms with Crippen LogP contribution in [0.2, 0.25) is 5.02 Å². The van der Waals surface area contributed by atoms with Crippen LogP contribution in [0.3, 0.4) is 0 Å². The Morgan fingerprint density at radius 1 is 1.33 bits per heavy atom. The topological polar surface area (TPSA) is 55.8 Å². The first-order valence-corrected chi connectivity index (χ1v) is 6.16. The third-order valence-corrected chi connectivity index (χ3v) is 3.36. The molecule has 1 aromatic rings. The maximum Gasteiger partial charge on any atom is 0.310 e. The van der Waals surface area contributed by atoms with Crippen LogP contribution in [-0.4, -0.2) is 17.9 Å². The Labute approximate surface area is 110 Å². The van der Waals surface area contributed by atoms with Crippen molar-refractivity contribution in [3.8, 4) is 11.5 Å². The second-order valence-corrected chi connectivity index (χ2v) is 5.05. The smallest absolute Gasteiger partial charge is 0.310 e. The van der Waals surface area contributed by atoms with E-state index in [4.69, 9.17) is 26.2 Å². The van der Waals surface area contributed by atoms with Crippen molar-refractivity contribution < 1.29 is 19.4 Å². The van der Waals surface area contributed by atoms with Gasteiger partial charge in [0.15, 0.2) is 11.5 Å². The van der Waals surface area contributed by atoms with Gasteiger partial charge in [0.05, 0.1) is 10.9 Å². The average molecular weight is 271 g/mol. The quantitative estimate of drug-likeness (QED) is 0.915. The number of carboxylic acids is 1. The lowest BCUT2D eigenvalue weighted by Crippen LogP contribution is -2.11. The fraction of sp³-hybridized carbons (Fsp3) is 0.462. The zero-order chi connectivity index (χ0) is 13.4. The van der Waals surface area contributed by atoms with Crippen LogP contribution in [0, 0.1) is 0 Å². The molecule has 0 spiro atoms. The van der Waals surface area contributed by atoms with E-state index in [1.54, 1.807) is 13.0 Å². The Bertz CT molecular complexity index is 496. The predicted octanol–water partition coefficient (Wildman–Crippen LogP) is 3.38. The molecule has 0 bridgehead atoms. The minimum Gasteiger partial charge on any atom is -0.481 e. The Kier molecular flexibility index (Phi) is 3.39. The van der Waals surface area contributed by atoms with E-state index in [2.05, 4.69) is 0 Å². The van der Waals surface area contributed by atoms with Gasteiger partial charge in [0, 0.05) is 5.56 Å². The van der Waals surface area contributed by atoms with Crippen LogP contribution >= 0.6 is 11.6 Å². The molecule has 0 amide bonds. The number of hydrogen-bond donors (Lipinski definition) is 1. The van der Waals surface area contributed by atoms with Gasteiger partial charge in [-0.05, 0) is 24.5 Å². The zero-order valence-electron chi connectivity index (χ0n) is 10.5. The average Bonchev–Trinajstić information content (AvgIpc) is 2.76. The summed E-state index contributed by atoms with van der Waals surface area (Å²) in [5, 5.41) is 9.56. The lowest BCUT2D eigenvalue weighted by molar-refractivity contribution is -0.138. The molecule has 0 saturated carbocycles. The molecule has 18 heavy (non-hydrogen) atoms. The van der Waals surface area contributed by atoms with Gasteiger partial charge >= 0.3 is 5.97 Å². The zero-order valence-corrected chi connectivity index (χ0v) is 11.2. The molecule has 1 N–H and O–H groups in total. The second-order valence-electron chi connectivity index (χ2n) is 4.64. The molecule has 4 nitrogen and oxygen atoms in total. The highest BCUT2D eigenvalue weighted by Gasteiger charge is 2.29. The van der Waals surface area contributed by atoms with Gasteiger partial charge < -0.3 is 14.6 Å². The molecule has 5 heteroatoms. The van der Waals surface area contributed by atoms with Crippen LogP contribution in [0.1, 0.15) is 43.7 Å². The van der Waals surface area contributed by atoms with E-state index in [1.165, 1.54) is 0 Å². The lowest BCUT2D eigenvalue weighted by atomic mass is 9.88. The lowest BCUT2D eigenvalue weighted by Gasteiger charge is -2.18. The summed E-state index contributed by atoms with van der Waals surface area (Å²) < 4.78 is 10.8. The summed E-state index contributed by atoms with van der Waals surface area (Å²) in [5.74, 6) is -0.280. The Morgan fingerprint density at radius 3 is 2.50 bits per heavy atom. The third-order valence-electron chi connectivity index (χ3n) is 3.08. The summed E-state index contributed by atoms with van der Waals surface area (Å²) in [6.45, 7) is 5.74. The molecule has 1 unspecified atom stereocenters.